The molecule has 1 aromatic carbocycles. The third kappa shape index (κ3) is 3.14. The molecule has 1 N–H and O–H groups in total. The van der Waals surface area contributed by atoms with Crippen LogP contribution in [0.3, 0.4) is 0 Å². The van der Waals surface area contributed by atoms with Crippen LogP contribution in [0.2, 0.25) is 0 Å². The second-order valence-corrected chi connectivity index (χ2v) is 4.36. The molecule has 0 saturated heterocycles. The van der Waals surface area contributed by atoms with E-state index in [2.05, 4.69) is 10.4 Å². The lowest BCUT2D eigenvalue weighted by Gasteiger charge is -2.30. The molecule has 20 heavy (non-hydrogen) atoms. The van der Waals surface area contributed by atoms with Crippen molar-refractivity contribution in [3.8, 4) is 0 Å². The summed E-state index contributed by atoms with van der Waals surface area (Å²) in [6, 6.07) is 8.92. The molecule has 0 spiro atoms. The van der Waals surface area contributed by atoms with Gasteiger partial charge in [-0.2, -0.15) is 0 Å². The zero-order valence-electron chi connectivity index (χ0n) is 11.5. The Hall–Kier alpha value is -2.37. The van der Waals surface area contributed by atoms with Crippen LogP contribution in [0.4, 0.5) is 0 Å². The number of hydrogen-bond donors (Lipinski definition) is 1. The van der Waals surface area contributed by atoms with E-state index < -0.39 is 12.0 Å². The highest BCUT2D eigenvalue weighted by molar-refractivity contribution is 6.03. The van der Waals surface area contributed by atoms with Gasteiger partial charge in [0.25, 0.3) is 5.91 Å². The van der Waals surface area contributed by atoms with Gasteiger partial charge in [-0.15, -0.1) is 0 Å². The first-order chi connectivity index (χ1) is 9.61. The molecule has 1 heterocycles. The molecule has 106 valence electrons. The van der Waals surface area contributed by atoms with E-state index in [9.17, 15) is 9.59 Å². The summed E-state index contributed by atoms with van der Waals surface area (Å²) in [5.74, 6) is -0.130. The zero-order chi connectivity index (χ0) is 14.5. The maximum Gasteiger partial charge on any atom is 0.327 e. The van der Waals surface area contributed by atoms with Crippen molar-refractivity contribution in [3.63, 3.8) is 0 Å². The summed E-state index contributed by atoms with van der Waals surface area (Å²) in [6.45, 7) is 3.58. The SMILES string of the molecule is CCOC(=O)CN1NC(c2ccccc2)=N[C@@H](C)C1=O. The number of aliphatic imine (C=N–C) groups is 1. The quantitative estimate of drug-likeness (QED) is 0.822. The average Bonchev–Trinajstić information content (AvgIpc) is 2.45. The predicted octanol–water partition coefficient (Wildman–Crippen LogP) is 0.732. The monoisotopic (exact) mass is 275 g/mol. The molecule has 1 aromatic rings. The maximum atomic E-state index is 12.0. The van der Waals surface area contributed by atoms with Crippen LogP contribution in [0.15, 0.2) is 35.3 Å². The first-order valence-electron chi connectivity index (χ1n) is 6.48. The number of ether oxygens (including phenoxy) is 1. The van der Waals surface area contributed by atoms with Crippen LogP contribution in [0.25, 0.3) is 0 Å². The predicted molar refractivity (Wildman–Crippen MR) is 73.9 cm³/mol. The van der Waals surface area contributed by atoms with Gasteiger partial charge in [-0.05, 0) is 13.8 Å². The molecule has 0 unspecified atom stereocenters. The highest BCUT2D eigenvalue weighted by Gasteiger charge is 2.28. The summed E-state index contributed by atoms with van der Waals surface area (Å²) < 4.78 is 4.86. The number of amides is 1. The van der Waals surface area contributed by atoms with E-state index in [4.69, 9.17) is 4.74 Å². The van der Waals surface area contributed by atoms with Crippen molar-refractivity contribution in [1.82, 2.24) is 10.4 Å². The van der Waals surface area contributed by atoms with Gasteiger partial charge < -0.3 is 4.74 Å². The Morgan fingerprint density at radius 1 is 1.40 bits per heavy atom. The van der Waals surface area contributed by atoms with Gasteiger partial charge in [0.05, 0.1) is 6.61 Å². The molecular formula is C14H17N3O3. The molecule has 1 amide bonds. The summed E-state index contributed by atoms with van der Waals surface area (Å²) in [7, 11) is 0. The third-order valence-corrected chi connectivity index (χ3v) is 2.83. The van der Waals surface area contributed by atoms with Gasteiger partial charge in [0.1, 0.15) is 18.4 Å². The molecule has 6 heteroatoms. The Balaban J connectivity index is 2.15. The van der Waals surface area contributed by atoms with Crippen LogP contribution in [-0.2, 0) is 14.3 Å². The second kappa shape index (κ2) is 6.18. The summed E-state index contributed by atoms with van der Waals surface area (Å²) in [5, 5.41) is 1.25. The minimum Gasteiger partial charge on any atom is -0.465 e. The van der Waals surface area contributed by atoms with Gasteiger partial charge >= 0.3 is 5.97 Å². The fourth-order valence-corrected chi connectivity index (χ4v) is 1.87. The van der Waals surface area contributed by atoms with Crippen LogP contribution in [0, 0.1) is 0 Å². The molecule has 0 radical (unpaired) electrons. The number of benzene rings is 1. The number of amidine groups is 1. The molecular weight excluding hydrogens is 258 g/mol. The Labute approximate surface area is 117 Å². The lowest BCUT2D eigenvalue weighted by Crippen LogP contribution is -2.55. The Kier molecular flexibility index (Phi) is 4.34. The fourth-order valence-electron chi connectivity index (χ4n) is 1.87. The van der Waals surface area contributed by atoms with Crippen molar-refractivity contribution in [3.05, 3.63) is 35.9 Å². The van der Waals surface area contributed by atoms with E-state index in [1.165, 1.54) is 5.01 Å². The van der Waals surface area contributed by atoms with Gasteiger partial charge in [0.2, 0.25) is 0 Å². The van der Waals surface area contributed by atoms with E-state index in [0.29, 0.717) is 5.84 Å². The molecule has 0 aliphatic carbocycles. The van der Waals surface area contributed by atoms with Crippen LogP contribution in [-0.4, -0.2) is 41.9 Å². The third-order valence-electron chi connectivity index (χ3n) is 2.83. The number of rotatable bonds is 4. The standard InChI is InChI=1S/C14H17N3O3/c1-3-20-12(18)9-17-14(19)10(2)15-13(16-17)11-7-5-4-6-8-11/h4-8,10H,3,9H2,1-2H3,(H,15,16)/t10-/m0/s1. The number of esters is 1. The number of hydrazine groups is 1. The van der Waals surface area contributed by atoms with Crippen LogP contribution in [0.5, 0.6) is 0 Å². The van der Waals surface area contributed by atoms with E-state index in [1.54, 1.807) is 13.8 Å². The Morgan fingerprint density at radius 3 is 2.75 bits per heavy atom. The first-order valence-corrected chi connectivity index (χ1v) is 6.48. The van der Waals surface area contributed by atoms with E-state index >= 15 is 0 Å². The molecule has 1 aliphatic heterocycles. The van der Waals surface area contributed by atoms with Crippen LogP contribution >= 0.6 is 0 Å². The Bertz CT molecular complexity index is 528. The van der Waals surface area contributed by atoms with Crippen molar-refractivity contribution in [1.29, 1.82) is 0 Å². The summed E-state index contributed by atoms with van der Waals surface area (Å²) in [5.41, 5.74) is 3.73. The van der Waals surface area contributed by atoms with Gasteiger partial charge in [0, 0.05) is 5.56 Å². The maximum absolute atomic E-state index is 12.0. The van der Waals surface area contributed by atoms with Crippen molar-refractivity contribution in [2.45, 2.75) is 19.9 Å². The summed E-state index contributed by atoms with van der Waals surface area (Å²) in [4.78, 5) is 27.8. The topological polar surface area (TPSA) is 71.0 Å². The average molecular weight is 275 g/mol. The highest BCUT2D eigenvalue weighted by atomic mass is 16.5. The molecule has 2 rings (SSSR count). The van der Waals surface area contributed by atoms with Gasteiger partial charge in [-0.1, -0.05) is 30.3 Å². The molecule has 6 nitrogen and oxygen atoms in total. The molecule has 1 atom stereocenters. The van der Waals surface area contributed by atoms with Crippen LogP contribution in [0.1, 0.15) is 19.4 Å². The highest BCUT2D eigenvalue weighted by Crippen LogP contribution is 2.09. The number of nitrogens with zero attached hydrogens (tertiary/aromatic N) is 2. The number of carbonyl (C=O) groups is 2. The van der Waals surface area contributed by atoms with Crippen molar-refractivity contribution >= 4 is 17.7 Å². The van der Waals surface area contributed by atoms with Gasteiger partial charge in [-0.25, -0.2) is 5.01 Å². The normalized spacial score (nSPS) is 18.3. The van der Waals surface area contributed by atoms with Crippen molar-refractivity contribution in [2.24, 2.45) is 4.99 Å². The summed E-state index contributed by atoms with van der Waals surface area (Å²) in [6.07, 6.45) is 0. The van der Waals surface area contributed by atoms with E-state index in [1.807, 2.05) is 30.3 Å². The minimum absolute atomic E-state index is 0.136. The minimum atomic E-state index is -0.527. The van der Waals surface area contributed by atoms with Crippen molar-refractivity contribution < 1.29 is 14.3 Å². The lowest BCUT2D eigenvalue weighted by atomic mass is 10.2. The largest absolute Gasteiger partial charge is 0.465 e. The first kappa shape index (κ1) is 14.0. The lowest BCUT2D eigenvalue weighted by molar-refractivity contribution is -0.150. The Morgan fingerprint density at radius 2 is 2.10 bits per heavy atom. The summed E-state index contributed by atoms with van der Waals surface area (Å²) >= 11 is 0. The zero-order valence-corrected chi connectivity index (χ0v) is 11.5. The molecule has 0 bridgehead atoms. The second-order valence-electron chi connectivity index (χ2n) is 4.36. The number of hydrogen-bond acceptors (Lipinski definition) is 5. The van der Waals surface area contributed by atoms with Gasteiger partial charge in [0.15, 0.2) is 0 Å². The number of nitrogens with one attached hydrogen (secondary N) is 1. The molecule has 0 aromatic heterocycles. The number of carbonyl (C=O) groups excluding carboxylic acids is 2. The van der Waals surface area contributed by atoms with E-state index in [0.717, 1.165) is 5.56 Å². The van der Waals surface area contributed by atoms with Gasteiger partial charge in [-0.3, -0.25) is 20.0 Å². The molecule has 0 fully saturated rings. The molecule has 1 aliphatic rings. The van der Waals surface area contributed by atoms with Crippen molar-refractivity contribution in [2.75, 3.05) is 13.2 Å². The smallest absolute Gasteiger partial charge is 0.327 e. The molecule has 0 saturated carbocycles. The van der Waals surface area contributed by atoms with E-state index in [-0.39, 0.29) is 19.1 Å². The fraction of sp³-hybridized carbons (Fsp3) is 0.357. The van der Waals surface area contributed by atoms with Crippen LogP contribution < -0.4 is 5.43 Å².